The third-order valence-electron chi connectivity index (χ3n) is 2.65. The molecule has 4 nitrogen and oxygen atoms in total. The van der Waals surface area contributed by atoms with Crippen molar-refractivity contribution in [2.75, 3.05) is 33.9 Å². The van der Waals surface area contributed by atoms with Gasteiger partial charge in [-0.1, -0.05) is 13.0 Å². The molecule has 0 aliphatic carbocycles. The van der Waals surface area contributed by atoms with E-state index in [0.717, 1.165) is 32.1 Å². The van der Waals surface area contributed by atoms with Gasteiger partial charge in [0.15, 0.2) is 5.96 Å². The Morgan fingerprint density at radius 2 is 2.26 bits per heavy atom. The van der Waals surface area contributed by atoms with Crippen LogP contribution in [0.25, 0.3) is 0 Å². The largest absolute Gasteiger partial charge is 0.385 e. The van der Waals surface area contributed by atoms with E-state index in [-0.39, 0.29) is 24.0 Å². The minimum Gasteiger partial charge on any atom is -0.385 e. The lowest BCUT2D eigenvalue weighted by atomic mass is 10.1. The van der Waals surface area contributed by atoms with Crippen molar-refractivity contribution in [3.05, 3.63) is 22.4 Å². The molecule has 0 amide bonds. The highest BCUT2D eigenvalue weighted by atomic mass is 127. The summed E-state index contributed by atoms with van der Waals surface area (Å²) >= 11 is 1.80. The number of thiophene rings is 1. The minimum absolute atomic E-state index is 0. The van der Waals surface area contributed by atoms with Crippen LogP contribution in [0.2, 0.25) is 0 Å². The van der Waals surface area contributed by atoms with Gasteiger partial charge in [0.05, 0.1) is 0 Å². The standard InChI is InChI=1S/C13H23N3OS.HI/c1-11(12-6-4-9-18-12)10-16-13(14-2)15-7-5-8-17-3;/h4,6,9,11H,5,7-8,10H2,1-3H3,(H2,14,15,16);1H. The Labute approximate surface area is 137 Å². The van der Waals surface area contributed by atoms with E-state index in [0.29, 0.717) is 5.92 Å². The second kappa shape index (κ2) is 11.5. The van der Waals surface area contributed by atoms with Crippen molar-refractivity contribution >= 4 is 41.3 Å². The van der Waals surface area contributed by atoms with Crippen molar-refractivity contribution < 1.29 is 4.74 Å². The number of aliphatic imine (C=N–C) groups is 1. The molecule has 0 fully saturated rings. The van der Waals surface area contributed by atoms with Crippen LogP contribution < -0.4 is 10.6 Å². The molecule has 1 aromatic rings. The molecule has 0 spiro atoms. The van der Waals surface area contributed by atoms with E-state index in [2.05, 4.69) is 40.1 Å². The topological polar surface area (TPSA) is 45.7 Å². The van der Waals surface area contributed by atoms with Crippen molar-refractivity contribution in [3.63, 3.8) is 0 Å². The second-order valence-electron chi connectivity index (χ2n) is 4.14. The zero-order valence-electron chi connectivity index (χ0n) is 11.8. The molecule has 0 aliphatic rings. The number of guanidine groups is 1. The lowest BCUT2D eigenvalue weighted by Crippen LogP contribution is -2.39. The van der Waals surface area contributed by atoms with E-state index in [1.165, 1.54) is 4.88 Å². The molecule has 1 aromatic heterocycles. The maximum absolute atomic E-state index is 5.01. The number of nitrogens with zero attached hydrogens (tertiary/aromatic N) is 1. The van der Waals surface area contributed by atoms with Crippen molar-refractivity contribution in [1.82, 2.24) is 10.6 Å². The lowest BCUT2D eigenvalue weighted by Gasteiger charge is -2.15. The number of hydrogen-bond donors (Lipinski definition) is 2. The van der Waals surface area contributed by atoms with E-state index in [9.17, 15) is 0 Å². The molecule has 6 heteroatoms. The Kier molecular flexibility index (Phi) is 11.3. The first-order valence-electron chi connectivity index (χ1n) is 6.24. The first-order chi connectivity index (χ1) is 8.77. The highest BCUT2D eigenvalue weighted by molar-refractivity contribution is 14.0. The summed E-state index contributed by atoms with van der Waals surface area (Å²) in [5.41, 5.74) is 0. The van der Waals surface area contributed by atoms with Crippen LogP contribution in [0.1, 0.15) is 24.1 Å². The van der Waals surface area contributed by atoms with E-state index in [1.54, 1.807) is 25.5 Å². The van der Waals surface area contributed by atoms with E-state index in [1.807, 2.05) is 0 Å². The zero-order valence-corrected chi connectivity index (χ0v) is 15.0. The molecule has 1 rings (SSSR count). The quantitative estimate of drug-likeness (QED) is 0.322. The summed E-state index contributed by atoms with van der Waals surface area (Å²) in [6, 6.07) is 4.26. The van der Waals surface area contributed by atoms with E-state index < -0.39 is 0 Å². The molecule has 1 unspecified atom stereocenters. The third kappa shape index (κ3) is 7.74. The van der Waals surface area contributed by atoms with Gasteiger partial charge in [-0.2, -0.15) is 0 Å². The maximum atomic E-state index is 5.01. The fourth-order valence-corrected chi connectivity index (χ4v) is 2.35. The van der Waals surface area contributed by atoms with Crippen LogP contribution in [-0.4, -0.2) is 39.8 Å². The van der Waals surface area contributed by atoms with Crippen molar-refractivity contribution in [1.29, 1.82) is 0 Å². The molecule has 2 N–H and O–H groups in total. The average Bonchev–Trinajstić information content (AvgIpc) is 2.91. The molecule has 1 heterocycles. The summed E-state index contributed by atoms with van der Waals surface area (Å²) in [6.07, 6.45) is 0.984. The molecule has 1 atom stereocenters. The third-order valence-corrected chi connectivity index (χ3v) is 3.75. The highest BCUT2D eigenvalue weighted by Gasteiger charge is 2.06. The summed E-state index contributed by atoms with van der Waals surface area (Å²) < 4.78 is 5.01. The number of ether oxygens (including phenoxy) is 1. The van der Waals surface area contributed by atoms with Gasteiger partial charge in [-0.25, -0.2) is 0 Å². The normalized spacial score (nSPS) is 12.7. The summed E-state index contributed by atoms with van der Waals surface area (Å²) in [6.45, 7) is 4.76. The summed E-state index contributed by atoms with van der Waals surface area (Å²) in [4.78, 5) is 5.60. The number of halogens is 1. The van der Waals surface area contributed by atoms with Gasteiger partial charge < -0.3 is 15.4 Å². The Morgan fingerprint density at radius 1 is 1.47 bits per heavy atom. The second-order valence-corrected chi connectivity index (χ2v) is 5.12. The molecule has 19 heavy (non-hydrogen) atoms. The smallest absolute Gasteiger partial charge is 0.190 e. The molecule has 0 radical (unpaired) electrons. The fourth-order valence-electron chi connectivity index (χ4n) is 1.57. The van der Waals surface area contributed by atoms with Crippen molar-refractivity contribution in [3.8, 4) is 0 Å². The summed E-state index contributed by atoms with van der Waals surface area (Å²) in [5.74, 6) is 1.36. The molecule has 0 aliphatic heterocycles. The van der Waals surface area contributed by atoms with Crippen LogP contribution >= 0.6 is 35.3 Å². The molecular weight excluding hydrogens is 373 g/mol. The minimum atomic E-state index is 0. The lowest BCUT2D eigenvalue weighted by molar-refractivity contribution is 0.195. The predicted molar refractivity (Wildman–Crippen MR) is 94.0 cm³/mol. The van der Waals surface area contributed by atoms with E-state index >= 15 is 0 Å². The molecule has 0 saturated carbocycles. The van der Waals surface area contributed by atoms with Gasteiger partial charge >= 0.3 is 0 Å². The summed E-state index contributed by atoms with van der Waals surface area (Å²) in [5, 5.41) is 8.72. The fraction of sp³-hybridized carbons (Fsp3) is 0.615. The Balaban J connectivity index is 0.00000324. The first kappa shape index (κ1) is 18.7. The van der Waals surface area contributed by atoms with Gasteiger partial charge in [0, 0.05) is 44.6 Å². The SMILES string of the molecule is CN=C(NCCCOC)NCC(C)c1cccs1.I. The Hall–Kier alpha value is -0.340. The van der Waals surface area contributed by atoms with Crippen LogP contribution in [0.5, 0.6) is 0 Å². The van der Waals surface area contributed by atoms with Crippen molar-refractivity contribution in [2.45, 2.75) is 19.3 Å². The molecular formula is C13H24IN3OS. The van der Waals surface area contributed by atoms with Crippen molar-refractivity contribution in [2.24, 2.45) is 4.99 Å². The first-order valence-corrected chi connectivity index (χ1v) is 7.12. The van der Waals surface area contributed by atoms with Gasteiger partial charge in [0.1, 0.15) is 0 Å². The van der Waals surface area contributed by atoms with E-state index in [4.69, 9.17) is 4.74 Å². The Bertz CT molecular complexity index is 344. The number of nitrogens with one attached hydrogen (secondary N) is 2. The number of methoxy groups -OCH3 is 1. The molecule has 0 saturated heterocycles. The monoisotopic (exact) mass is 397 g/mol. The average molecular weight is 397 g/mol. The van der Waals surface area contributed by atoms with Crippen LogP contribution in [0.15, 0.2) is 22.5 Å². The van der Waals surface area contributed by atoms with Crippen LogP contribution in [0.4, 0.5) is 0 Å². The Morgan fingerprint density at radius 3 is 2.84 bits per heavy atom. The van der Waals surface area contributed by atoms with Gasteiger partial charge in [-0.15, -0.1) is 35.3 Å². The number of rotatable bonds is 7. The van der Waals surface area contributed by atoms with Gasteiger partial charge in [-0.3, -0.25) is 4.99 Å². The van der Waals surface area contributed by atoms with Crippen LogP contribution in [-0.2, 0) is 4.74 Å². The predicted octanol–water partition coefficient (Wildman–Crippen LogP) is 2.67. The van der Waals surface area contributed by atoms with Crippen LogP contribution in [0.3, 0.4) is 0 Å². The summed E-state index contributed by atoms with van der Waals surface area (Å²) in [7, 11) is 3.51. The van der Waals surface area contributed by atoms with Gasteiger partial charge in [0.25, 0.3) is 0 Å². The molecule has 0 aromatic carbocycles. The van der Waals surface area contributed by atoms with Crippen LogP contribution in [0, 0.1) is 0 Å². The number of hydrogen-bond acceptors (Lipinski definition) is 3. The maximum Gasteiger partial charge on any atom is 0.190 e. The van der Waals surface area contributed by atoms with Gasteiger partial charge in [0.2, 0.25) is 0 Å². The highest BCUT2D eigenvalue weighted by Crippen LogP contribution is 2.19. The molecule has 110 valence electrons. The van der Waals surface area contributed by atoms with Gasteiger partial charge in [-0.05, 0) is 17.9 Å². The molecule has 0 bridgehead atoms. The zero-order chi connectivity index (χ0) is 13.2.